The summed E-state index contributed by atoms with van der Waals surface area (Å²) >= 11 is 0. The highest BCUT2D eigenvalue weighted by Crippen LogP contribution is 2.25. The van der Waals surface area contributed by atoms with Gasteiger partial charge in [-0.05, 0) is 35.1 Å². The highest BCUT2D eigenvalue weighted by atomic mass is 16.5. The average Bonchev–Trinajstić information content (AvgIpc) is 2.59. The van der Waals surface area contributed by atoms with Gasteiger partial charge in [0.15, 0.2) is 6.61 Å². The summed E-state index contributed by atoms with van der Waals surface area (Å²) in [4.78, 5) is 23.4. The Balaban J connectivity index is 2.06. The molecule has 0 aromatic heterocycles. The maximum atomic E-state index is 12.3. The first-order chi connectivity index (χ1) is 12.7. The zero-order valence-electron chi connectivity index (χ0n) is 16.2. The van der Waals surface area contributed by atoms with E-state index in [1.165, 1.54) is 0 Å². The van der Waals surface area contributed by atoms with E-state index in [1.54, 1.807) is 6.07 Å². The van der Waals surface area contributed by atoms with Crippen molar-refractivity contribution < 1.29 is 19.4 Å². The third-order valence-electron chi connectivity index (χ3n) is 4.34. The van der Waals surface area contributed by atoms with Gasteiger partial charge in [0.05, 0.1) is 6.04 Å². The summed E-state index contributed by atoms with van der Waals surface area (Å²) in [5, 5.41) is 13.8. The topological polar surface area (TPSA) is 78.5 Å². The molecule has 0 unspecified atom stereocenters. The van der Waals surface area contributed by atoms with Gasteiger partial charge in [0.25, 0.3) is 5.91 Å². The van der Waals surface area contributed by atoms with Crippen LogP contribution in [0.2, 0.25) is 0 Å². The first kappa shape index (κ1) is 20.5. The Hall–Kier alpha value is -2.82. The molecular weight excluding hydrogens is 342 g/mol. The largest absolute Gasteiger partial charge is 0.550 e. The number of aryl methyl sites for hydroxylation is 1. The predicted octanol–water partition coefficient (Wildman–Crippen LogP) is 2.67. The van der Waals surface area contributed by atoms with Crippen LogP contribution in [0.1, 0.15) is 49.9 Å². The van der Waals surface area contributed by atoms with Crippen LogP contribution in [0.4, 0.5) is 0 Å². The van der Waals surface area contributed by atoms with E-state index >= 15 is 0 Å². The summed E-state index contributed by atoms with van der Waals surface area (Å²) in [6, 6.07) is 14.3. The van der Waals surface area contributed by atoms with Gasteiger partial charge in [-0.2, -0.15) is 0 Å². The van der Waals surface area contributed by atoms with E-state index in [0.29, 0.717) is 5.75 Å². The SMILES string of the molecule is Cc1ccccc1OCC(=O)N[C@@H](CC(=O)[O-])c1ccc(C(C)(C)C)cc1. The molecule has 2 aromatic carbocycles. The van der Waals surface area contributed by atoms with Gasteiger partial charge >= 0.3 is 0 Å². The zero-order chi connectivity index (χ0) is 20.0. The second-order valence-corrected chi connectivity index (χ2v) is 7.62. The van der Waals surface area contributed by atoms with E-state index in [-0.39, 0.29) is 24.3 Å². The van der Waals surface area contributed by atoms with Crippen LogP contribution in [0.15, 0.2) is 48.5 Å². The molecule has 5 heteroatoms. The normalized spacial score (nSPS) is 12.3. The third kappa shape index (κ3) is 6.13. The van der Waals surface area contributed by atoms with Crippen LogP contribution < -0.4 is 15.2 Å². The number of hydrogen-bond donors (Lipinski definition) is 1. The minimum Gasteiger partial charge on any atom is -0.550 e. The molecule has 2 aromatic rings. The fourth-order valence-electron chi connectivity index (χ4n) is 2.73. The standard InChI is InChI=1S/C22H27NO4/c1-15-7-5-6-8-19(15)27-14-20(24)23-18(13-21(25)26)16-9-11-17(12-10-16)22(2,3)4/h5-12,18H,13-14H2,1-4H3,(H,23,24)(H,25,26)/p-1/t18-/m0/s1. The molecule has 0 radical (unpaired) electrons. The molecule has 0 fully saturated rings. The first-order valence-corrected chi connectivity index (χ1v) is 8.95. The van der Waals surface area contributed by atoms with Crippen LogP contribution in [0.5, 0.6) is 5.75 Å². The number of nitrogens with one attached hydrogen (secondary N) is 1. The fourth-order valence-corrected chi connectivity index (χ4v) is 2.73. The summed E-state index contributed by atoms with van der Waals surface area (Å²) in [6.45, 7) is 8.01. The second kappa shape index (κ2) is 8.71. The summed E-state index contributed by atoms with van der Waals surface area (Å²) in [5.41, 5.74) is 2.77. The van der Waals surface area contributed by atoms with Crippen LogP contribution in [-0.4, -0.2) is 18.5 Å². The van der Waals surface area contributed by atoms with Gasteiger partial charge in [0.1, 0.15) is 5.75 Å². The first-order valence-electron chi connectivity index (χ1n) is 8.95. The quantitative estimate of drug-likeness (QED) is 0.815. The molecule has 0 aliphatic rings. The van der Waals surface area contributed by atoms with Crippen molar-refractivity contribution in [3.63, 3.8) is 0 Å². The van der Waals surface area contributed by atoms with Crippen molar-refractivity contribution in [2.24, 2.45) is 0 Å². The molecule has 1 N–H and O–H groups in total. The fraction of sp³-hybridized carbons (Fsp3) is 0.364. The lowest BCUT2D eigenvalue weighted by Gasteiger charge is -2.23. The molecule has 0 aliphatic heterocycles. The van der Waals surface area contributed by atoms with Gasteiger partial charge < -0.3 is 20.0 Å². The molecule has 144 valence electrons. The van der Waals surface area contributed by atoms with Crippen molar-refractivity contribution in [3.05, 3.63) is 65.2 Å². The zero-order valence-corrected chi connectivity index (χ0v) is 16.2. The lowest BCUT2D eigenvalue weighted by molar-refractivity contribution is -0.306. The number of carboxylic acid groups (broad SMARTS) is 1. The number of hydrogen-bond acceptors (Lipinski definition) is 4. The van der Waals surface area contributed by atoms with Crippen molar-refractivity contribution in [2.45, 2.75) is 45.6 Å². The van der Waals surface area contributed by atoms with E-state index in [1.807, 2.05) is 49.4 Å². The molecule has 0 aliphatic carbocycles. The number of aliphatic carboxylic acids is 1. The number of carbonyl (C=O) groups is 2. The number of rotatable bonds is 7. The molecule has 5 nitrogen and oxygen atoms in total. The minimum absolute atomic E-state index is 0.00693. The van der Waals surface area contributed by atoms with Gasteiger partial charge in [-0.1, -0.05) is 63.2 Å². The van der Waals surface area contributed by atoms with Crippen molar-refractivity contribution in [2.75, 3.05) is 6.61 Å². The molecule has 1 amide bonds. The van der Waals surface area contributed by atoms with Crippen LogP contribution in [0, 0.1) is 6.92 Å². The number of amides is 1. The lowest BCUT2D eigenvalue weighted by atomic mass is 9.86. The predicted molar refractivity (Wildman–Crippen MR) is 102 cm³/mol. The molecular formula is C22H26NO4-. The van der Waals surface area contributed by atoms with Crippen LogP contribution in [0.25, 0.3) is 0 Å². The van der Waals surface area contributed by atoms with E-state index < -0.39 is 12.0 Å². The minimum atomic E-state index is -1.22. The smallest absolute Gasteiger partial charge is 0.258 e. The molecule has 0 bridgehead atoms. The molecule has 2 rings (SSSR count). The summed E-state index contributed by atoms with van der Waals surface area (Å²) < 4.78 is 5.53. The van der Waals surface area contributed by atoms with E-state index in [0.717, 1.165) is 16.7 Å². The van der Waals surface area contributed by atoms with Crippen LogP contribution in [0.3, 0.4) is 0 Å². The Bertz CT molecular complexity index is 791. The molecule has 27 heavy (non-hydrogen) atoms. The Morgan fingerprint density at radius 3 is 2.26 bits per heavy atom. The van der Waals surface area contributed by atoms with Gasteiger partial charge in [-0.25, -0.2) is 0 Å². The maximum Gasteiger partial charge on any atom is 0.258 e. The van der Waals surface area contributed by atoms with Crippen molar-refractivity contribution >= 4 is 11.9 Å². The van der Waals surface area contributed by atoms with Crippen LogP contribution in [-0.2, 0) is 15.0 Å². The van der Waals surface area contributed by atoms with E-state index in [9.17, 15) is 14.7 Å². The Morgan fingerprint density at radius 2 is 1.70 bits per heavy atom. The second-order valence-electron chi connectivity index (χ2n) is 7.62. The van der Waals surface area contributed by atoms with Crippen molar-refractivity contribution in [1.29, 1.82) is 0 Å². The van der Waals surface area contributed by atoms with Crippen molar-refractivity contribution in [1.82, 2.24) is 5.32 Å². The summed E-state index contributed by atoms with van der Waals surface area (Å²) in [6.07, 6.45) is -0.301. The third-order valence-corrected chi connectivity index (χ3v) is 4.34. The molecule has 0 heterocycles. The number of ether oxygens (including phenoxy) is 1. The van der Waals surface area contributed by atoms with Crippen molar-refractivity contribution in [3.8, 4) is 5.75 Å². The van der Waals surface area contributed by atoms with Gasteiger partial charge in [-0.3, -0.25) is 4.79 Å². The summed E-state index contributed by atoms with van der Waals surface area (Å²) in [5.74, 6) is -0.983. The van der Waals surface area contributed by atoms with Crippen LogP contribution >= 0.6 is 0 Å². The van der Waals surface area contributed by atoms with Gasteiger partial charge in [0.2, 0.25) is 0 Å². The Labute approximate surface area is 160 Å². The van der Waals surface area contributed by atoms with E-state index in [2.05, 4.69) is 26.1 Å². The Kier molecular flexibility index (Phi) is 6.61. The molecule has 1 atom stereocenters. The van der Waals surface area contributed by atoms with Gasteiger partial charge in [0, 0.05) is 12.4 Å². The maximum absolute atomic E-state index is 12.3. The number of carboxylic acids is 1. The lowest BCUT2D eigenvalue weighted by Crippen LogP contribution is -2.36. The number of benzene rings is 2. The van der Waals surface area contributed by atoms with E-state index in [4.69, 9.17) is 4.74 Å². The highest BCUT2D eigenvalue weighted by Gasteiger charge is 2.18. The summed E-state index contributed by atoms with van der Waals surface area (Å²) in [7, 11) is 0. The van der Waals surface area contributed by atoms with Gasteiger partial charge in [-0.15, -0.1) is 0 Å². The molecule has 0 spiro atoms. The number of para-hydroxylation sites is 1. The molecule has 0 saturated carbocycles. The Morgan fingerprint density at radius 1 is 1.07 bits per heavy atom. The average molecular weight is 368 g/mol. The number of carbonyl (C=O) groups excluding carboxylic acids is 2. The monoisotopic (exact) mass is 368 g/mol. The highest BCUT2D eigenvalue weighted by molar-refractivity contribution is 5.79. The molecule has 0 saturated heterocycles.